The molecule has 2 unspecified atom stereocenters. The second-order valence-corrected chi connectivity index (χ2v) is 6.27. The third kappa shape index (κ3) is 2.96. The predicted molar refractivity (Wildman–Crippen MR) is 85.9 cm³/mol. The van der Waals surface area contributed by atoms with E-state index in [0.29, 0.717) is 12.2 Å². The molecule has 3 rings (SSSR count). The van der Waals surface area contributed by atoms with Crippen molar-refractivity contribution in [2.45, 2.75) is 56.8 Å². The average molecular weight is 354 g/mol. The highest BCUT2D eigenvalue weighted by atomic mass is 16.6. The first-order chi connectivity index (χ1) is 11.9. The van der Waals surface area contributed by atoms with Gasteiger partial charge in [0.1, 0.15) is 24.1 Å². The number of nitrogens with zero attached hydrogens (tertiary/aromatic N) is 3. The molecule has 0 amide bonds. The van der Waals surface area contributed by atoms with Crippen LogP contribution >= 0.6 is 0 Å². The van der Waals surface area contributed by atoms with Gasteiger partial charge in [-0.25, -0.2) is 9.97 Å². The third-order valence-corrected chi connectivity index (χ3v) is 4.67. The van der Waals surface area contributed by atoms with E-state index in [1.54, 1.807) is 6.92 Å². The molecule has 1 aliphatic rings. The second kappa shape index (κ2) is 6.81. The number of aliphatic hydroxyl groups excluding tert-OH is 4. The number of ether oxygens (including phenoxy) is 1. The first kappa shape index (κ1) is 18.0. The Labute approximate surface area is 142 Å². The van der Waals surface area contributed by atoms with Crippen LogP contribution in [0.3, 0.4) is 0 Å². The van der Waals surface area contributed by atoms with Crippen LogP contribution in [-0.2, 0) is 4.74 Å². The van der Waals surface area contributed by atoms with Gasteiger partial charge in [0.15, 0.2) is 17.4 Å². The molecule has 2 aromatic heterocycles. The fourth-order valence-corrected chi connectivity index (χ4v) is 2.99. The summed E-state index contributed by atoms with van der Waals surface area (Å²) < 4.78 is 6.82. The summed E-state index contributed by atoms with van der Waals surface area (Å²) in [4.78, 5) is 23.2. The van der Waals surface area contributed by atoms with Gasteiger partial charge in [-0.1, -0.05) is 13.8 Å². The Morgan fingerprint density at radius 3 is 2.72 bits per heavy atom. The van der Waals surface area contributed by atoms with Gasteiger partial charge in [-0.05, 0) is 6.42 Å². The van der Waals surface area contributed by atoms with Crippen molar-refractivity contribution in [2.75, 3.05) is 6.61 Å². The minimum absolute atomic E-state index is 0.0553. The molecule has 1 saturated heterocycles. The number of hydrogen-bond acceptors (Lipinski definition) is 8. The molecule has 10 nitrogen and oxygen atoms in total. The molecule has 138 valence electrons. The lowest BCUT2D eigenvalue weighted by Crippen LogP contribution is -2.33. The fraction of sp³-hybridized carbons (Fsp3) is 0.667. The van der Waals surface area contributed by atoms with E-state index in [2.05, 4.69) is 15.0 Å². The van der Waals surface area contributed by atoms with Crippen molar-refractivity contribution in [3.8, 4) is 0 Å². The number of aliphatic hydroxyl groups is 4. The van der Waals surface area contributed by atoms with E-state index in [-0.39, 0.29) is 11.2 Å². The Balaban J connectivity index is 2.06. The molecule has 0 aliphatic carbocycles. The van der Waals surface area contributed by atoms with Crippen LogP contribution in [0.5, 0.6) is 0 Å². The highest BCUT2D eigenvalue weighted by Crippen LogP contribution is 2.31. The minimum atomic E-state index is -1.31. The van der Waals surface area contributed by atoms with E-state index in [9.17, 15) is 25.2 Å². The maximum atomic E-state index is 12.3. The van der Waals surface area contributed by atoms with Crippen molar-refractivity contribution < 1.29 is 25.2 Å². The van der Waals surface area contributed by atoms with Crippen molar-refractivity contribution in [2.24, 2.45) is 0 Å². The summed E-state index contributed by atoms with van der Waals surface area (Å²) in [5.41, 5.74) is -0.246. The zero-order valence-corrected chi connectivity index (χ0v) is 13.9. The number of fused-ring (bicyclic) bond motifs is 1. The maximum absolute atomic E-state index is 12.3. The normalized spacial score (nSPS) is 29.2. The highest BCUT2D eigenvalue weighted by molar-refractivity contribution is 5.69. The lowest BCUT2D eigenvalue weighted by Gasteiger charge is -2.18. The van der Waals surface area contributed by atoms with Gasteiger partial charge in [0.05, 0.1) is 19.0 Å². The summed E-state index contributed by atoms with van der Waals surface area (Å²) in [6, 6.07) is 0. The van der Waals surface area contributed by atoms with Crippen LogP contribution in [0.15, 0.2) is 11.1 Å². The Hall–Kier alpha value is -1.85. The molecule has 0 radical (unpaired) electrons. The Bertz CT molecular complexity index is 805. The van der Waals surface area contributed by atoms with Crippen LogP contribution in [-0.4, -0.2) is 71.0 Å². The molecule has 0 spiro atoms. The lowest BCUT2D eigenvalue weighted by molar-refractivity contribution is -0.0511. The molecule has 1 aliphatic heterocycles. The second-order valence-electron chi connectivity index (χ2n) is 6.27. The van der Waals surface area contributed by atoms with Crippen LogP contribution in [0.2, 0.25) is 0 Å². The van der Waals surface area contributed by atoms with Crippen molar-refractivity contribution >= 4 is 11.2 Å². The molecule has 5 N–H and O–H groups in total. The third-order valence-electron chi connectivity index (χ3n) is 4.67. The summed E-state index contributed by atoms with van der Waals surface area (Å²) in [5, 5.41) is 39.3. The number of aromatic nitrogens is 4. The van der Waals surface area contributed by atoms with E-state index >= 15 is 0 Å². The summed E-state index contributed by atoms with van der Waals surface area (Å²) in [7, 11) is 0. The van der Waals surface area contributed by atoms with E-state index in [0.717, 1.165) is 0 Å². The van der Waals surface area contributed by atoms with Gasteiger partial charge in [0.2, 0.25) is 0 Å². The number of nitrogens with one attached hydrogen (secondary N) is 1. The molecule has 0 saturated carbocycles. The highest BCUT2D eigenvalue weighted by Gasteiger charge is 2.44. The van der Waals surface area contributed by atoms with Crippen LogP contribution in [0, 0.1) is 0 Å². The zero-order chi connectivity index (χ0) is 18.3. The van der Waals surface area contributed by atoms with Crippen LogP contribution in [0.1, 0.15) is 38.2 Å². The van der Waals surface area contributed by atoms with Gasteiger partial charge >= 0.3 is 0 Å². The molecule has 0 aromatic carbocycles. The molecule has 1 fully saturated rings. The molecule has 25 heavy (non-hydrogen) atoms. The van der Waals surface area contributed by atoms with E-state index in [1.807, 2.05) is 6.92 Å². The number of imidazole rings is 1. The van der Waals surface area contributed by atoms with E-state index in [4.69, 9.17) is 4.74 Å². The van der Waals surface area contributed by atoms with Crippen molar-refractivity contribution in [1.82, 2.24) is 19.5 Å². The van der Waals surface area contributed by atoms with Gasteiger partial charge in [0, 0.05) is 5.92 Å². The lowest BCUT2D eigenvalue weighted by atomic mass is 10.0. The fourth-order valence-electron chi connectivity index (χ4n) is 2.99. The monoisotopic (exact) mass is 354 g/mol. The first-order valence-electron chi connectivity index (χ1n) is 8.16. The summed E-state index contributed by atoms with van der Waals surface area (Å²) in [6.07, 6.45) is -3.45. The average Bonchev–Trinajstić information content (AvgIpc) is 3.15. The number of rotatable bonds is 5. The molecule has 6 atom stereocenters. The number of hydrogen-bond donors (Lipinski definition) is 5. The molecule has 2 aromatic rings. The first-order valence-corrected chi connectivity index (χ1v) is 8.16. The minimum Gasteiger partial charge on any atom is -0.394 e. The van der Waals surface area contributed by atoms with Gasteiger partial charge in [-0.3, -0.25) is 9.36 Å². The Morgan fingerprint density at radius 2 is 2.12 bits per heavy atom. The van der Waals surface area contributed by atoms with Gasteiger partial charge in [-0.15, -0.1) is 0 Å². The van der Waals surface area contributed by atoms with E-state index in [1.165, 1.54) is 10.9 Å². The van der Waals surface area contributed by atoms with Gasteiger partial charge < -0.3 is 30.1 Å². The maximum Gasteiger partial charge on any atom is 0.279 e. The van der Waals surface area contributed by atoms with Crippen LogP contribution in [0.4, 0.5) is 0 Å². The zero-order valence-electron chi connectivity index (χ0n) is 13.9. The van der Waals surface area contributed by atoms with Crippen LogP contribution < -0.4 is 5.56 Å². The largest absolute Gasteiger partial charge is 0.394 e. The van der Waals surface area contributed by atoms with Crippen molar-refractivity contribution in [3.63, 3.8) is 0 Å². The van der Waals surface area contributed by atoms with Gasteiger partial charge in [0.25, 0.3) is 5.56 Å². The Kier molecular flexibility index (Phi) is 4.89. The molecule has 10 heteroatoms. The predicted octanol–water partition coefficient (Wildman–Crippen LogP) is -1.39. The number of H-pyrrole nitrogens is 1. The number of aromatic amines is 1. The smallest absolute Gasteiger partial charge is 0.279 e. The van der Waals surface area contributed by atoms with E-state index < -0.39 is 48.7 Å². The van der Waals surface area contributed by atoms with Crippen LogP contribution in [0.25, 0.3) is 11.2 Å². The molecule has 3 heterocycles. The molecule has 0 bridgehead atoms. The Morgan fingerprint density at radius 1 is 1.40 bits per heavy atom. The van der Waals surface area contributed by atoms with Gasteiger partial charge in [-0.2, -0.15) is 0 Å². The summed E-state index contributed by atoms with van der Waals surface area (Å²) >= 11 is 0. The van der Waals surface area contributed by atoms with Crippen molar-refractivity contribution in [3.05, 3.63) is 22.5 Å². The quantitative estimate of drug-likeness (QED) is 0.439. The molecular formula is C15H22N4O6. The summed E-state index contributed by atoms with van der Waals surface area (Å²) in [6.45, 7) is 3.10. The summed E-state index contributed by atoms with van der Waals surface area (Å²) in [5.74, 6) is -0.115. The topological polar surface area (TPSA) is 154 Å². The standard InChI is InChI=1S/C15H22N4O6/c1-3-7(21)6(2)12-17-13-9(14(24)18-12)16-5-19(13)15-11(23)10(22)8(4-20)25-15/h5-8,10-11,15,20-23H,3-4H2,1-2H3,(H,17,18,24)/t6?,7?,8-,10-,11-,15-/m1/s1. The van der Waals surface area contributed by atoms with Crippen molar-refractivity contribution in [1.29, 1.82) is 0 Å². The molecular weight excluding hydrogens is 332 g/mol. The SMILES string of the molecule is CCC(O)C(C)c1nc2c(ncn2[C@@H]2O[C@H](CO)[C@@H](O)[C@H]2O)c(=O)[nH]1.